The van der Waals surface area contributed by atoms with E-state index >= 15 is 0 Å². The Morgan fingerprint density at radius 1 is 0.921 bits per heavy atom. The standard InChI is InChI=1S/C29H26ClN3O5/c1-4-14-38-29(37)22-10-5-6-11-23(22)32-26(34)19-8-7-9-20(16-19)31-25-24(30)27(35)33(28(25)36)21-13-12-17(2)18(3)15-21/h5-13,15-16,31H,4,14H2,1-3H3,(H,32,34). The first-order valence-corrected chi connectivity index (χ1v) is 12.4. The van der Waals surface area contributed by atoms with Gasteiger partial charge in [-0.3, -0.25) is 14.4 Å². The molecule has 0 unspecified atom stereocenters. The summed E-state index contributed by atoms with van der Waals surface area (Å²) in [5.74, 6) is -2.24. The highest BCUT2D eigenvalue weighted by Crippen LogP contribution is 2.31. The summed E-state index contributed by atoms with van der Waals surface area (Å²) in [6.45, 7) is 5.99. The lowest BCUT2D eigenvalue weighted by Gasteiger charge is -2.16. The number of imide groups is 1. The Labute approximate surface area is 225 Å². The van der Waals surface area contributed by atoms with E-state index in [1.807, 2.05) is 26.8 Å². The van der Waals surface area contributed by atoms with E-state index in [2.05, 4.69) is 10.6 Å². The van der Waals surface area contributed by atoms with Gasteiger partial charge in [0.15, 0.2) is 0 Å². The zero-order valence-electron chi connectivity index (χ0n) is 21.1. The maximum absolute atomic E-state index is 13.1. The second-order valence-electron chi connectivity index (χ2n) is 8.74. The van der Waals surface area contributed by atoms with Crippen molar-refractivity contribution in [1.29, 1.82) is 0 Å². The van der Waals surface area contributed by atoms with Crippen molar-refractivity contribution in [3.05, 3.63) is 99.7 Å². The van der Waals surface area contributed by atoms with Crippen molar-refractivity contribution in [3.63, 3.8) is 0 Å². The Hall–Kier alpha value is -4.43. The molecule has 38 heavy (non-hydrogen) atoms. The number of nitrogens with zero attached hydrogens (tertiary/aromatic N) is 1. The highest BCUT2D eigenvalue weighted by molar-refractivity contribution is 6.53. The van der Waals surface area contributed by atoms with Crippen LogP contribution < -0.4 is 15.5 Å². The fourth-order valence-corrected chi connectivity index (χ4v) is 4.04. The number of halogens is 1. The van der Waals surface area contributed by atoms with Gasteiger partial charge in [-0.1, -0.05) is 42.8 Å². The third-order valence-corrected chi connectivity index (χ3v) is 6.35. The molecule has 0 atom stereocenters. The van der Waals surface area contributed by atoms with Gasteiger partial charge in [0.2, 0.25) is 0 Å². The van der Waals surface area contributed by atoms with Gasteiger partial charge in [0, 0.05) is 11.3 Å². The van der Waals surface area contributed by atoms with Gasteiger partial charge < -0.3 is 15.4 Å². The number of para-hydroxylation sites is 1. The highest BCUT2D eigenvalue weighted by Gasteiger charge is 2.39. The van der Waals surface area contributed by atoms with Crippen LogP contribution in [0.1, 0.15) is 45.2 Å². The Morgan fingerprint density at radius 2 is 1.68 bits per heavy atom. The first-order valence-electron chi connectivity index (χ1n) is 12.0. The van der Waals surface area contributed by atoms with Crippen LogP contribution in [0.15, 0.2) is 77.5 Å². The maximum Gasteiger partial charge on any atom is 0.340 e. The first-order chi connectivity index (χ1) is 18.2. The molecule has 3 amide bonds. The monoisotopic (exact) mass is 531 g/mol. The molecule has 0 aromatic heterocycles. The van der Waals surface area contributed by atoms with Gasteiger partial charge in [-0.15, -0.1) is 0 Å². The molecule has 0 bridgehead atoms. The van der Waals surface area contributed by atoms with Crippen LogP contribution in [0.2, 0.25) is 0 Å². The van der Waals surface area contributed by atoms with Crippen molar-refractivity contribution in [3.8, 4) is 0 Å². The van der Waals surface area contributed by atoms with Crippen LogP contribution in [0.4, 0.5) is 17.1 Å². The van der Waals surface area contributed by atoms with Crippen molar-refractivity contribution >= 4 is 52.4 Å². The molecule has 0 aliphatic carbocycles. The normalized spacial score (nSPS) is 13.1. The van der Waals surface area contributed by atoms with Crippen LogP contribution in [0.5, 0.6) is 0 Å². The van der Waals surface area contributed by atoms with E-state index in [0.717, 1.165) is 16.0 Å². The van der Waals surface area contributed by atoms with E-state index in [1.165, 1.54) is 6.07 Å². The summed E-state index contributed by atoms with van der Waals surface area (Å²) in [5, 5.41) is 5.38. The van der Waals surface area contributed by atoms with Gasteiger partial charge >= 0.3 is 5.97 Å². The number of carbonyl (C=O) groups excluding carboxylic acids is 4. The molecule has 1 aliphatic rings. The van der Waals surface area contributed by atoms with Gasteiger partial charge in [0.1, 0.15) is 10.7 Å². The maximum atomic E-state index is 13.1. The zero-order valence-corrected chi connectivity index (χ0v) is 21.9. The molecular formula is C29H26ClN3O5. The summed E-state index contributed by atoms with van der Waals surface area (Å²) in [6.07, 6.45) is 0.678. The second kappa shape index (κ2) is 11.3. The van der Waals surface area contributed by atoms with Crippen LogP contribution in [-0.2, 0) is 14.3 Å². The number of anilines is 3. The topological polar surface area (TPSA) is 105 Å². The first kappa shape index (κ1) is 26.6. The minimum absolute atomic E-state index is 0.0866. The minimum atomic E-state index is -0.636. The van der Waals surface area contributed by atoms with E-state index in [-0.39, 0.29) is 28.5 Å². The lowest BCUT2D eigenvalue weighted by molar-refractivity contribution is -0.120. The molecule has 3 aromatic carbocycles. The fourth-order valence-electron chi connectivity index (χ4n) is 3.83. The molecule has 0 radical (unpaired) electrons. The average Bonchev–Trinajstić information content (AvgIpc) is 3.12. The minimum Gasteiger partial charge on any atom is -0.462 e. The van der Waals surface area contributed by atoms with Gasteiger partial charge in [-0.2, -0.15) is 0 Å². The summed E-state index contributed by atoms with van der Waals surface area (Å²) < 4.78 is 5.20. The van der Waals surface area contributed by atoms with E-state index < -0.39 is 23.7 Å². The summed E-state index contributed by atoms with van der Waals surface area (Å²) in [4.78, 5) is 52.4. The van der Waals surface area contributed by atoms with Gasteiger partial charge in [-0.05, 0) is 73.9 Å². The number of esters is 1. The average molecular weight is 532 g/mol. The zero-order chi connectivity index (χ0) is 27.4. The molecule has 0 spiro atoms. The fraction of sp³-hybridized carbons (Fsp3) is 0.172. The molecule has 2 N–H and O–H groups in total. The van der Waals surface area contributed by atoms with Crippen LogP contribution in [0.25, 0.3) is 0 Å². The van der Waals surface area contributed by atoms with Gasteiger partial charge in [-0.25, -0.2) is 9.69 Å². The third kappa shape index (κ3) is 5.45. The largest absolute Gasteiger partial charge is 0.462 e. The molecule has 9 heteroatoms. The van der Waals surface area contributed by atoms with E-state index in [4.69, 9.17) is 16.3 Å². The number of aryl methyl sites for hydroxylation is 2. The number of carbonyl (C=O) groups is 4. The Kier molecular flexibility index (Phi) is 7.93. The molecule has 0 saturated heterocycles. The number of benzene rings is 3. The van der Waals surface area contributed by atoms with E-state index in [1.54, 1.807) is 54.6 Å². The molecule has 3 aromatic rings. The number of nitrogens with one attached hydrogen (secondary N) is 2. The molecule has 194 valence electrons. The number of hydrogen-bond donors (Lipinski definition) is 2. The number of hydrogen-bond acceptors (Lipinski definition) is 6. The van der Waals surface area contributed by atoms with Crippen molar-refractivity contribution < 1.29 is 23.9 Å². The number of rotatable bonds is 8. The Morgan fingerprint density at radius 3 is 2.42 bits per heavy atom. The molecular weight excluding hydrogens is 506 g/mol. The van der Waals surface area contributed by atoms with Crippen LogP contribution in [0.3, 0.4) is 0 Å². The van der Waals surface area contributed by atoms with Crippen molar-refractivity contribution in [2.24, 2.45) is 0 Å². The highest BCUT2D eigenvalue weighted by atomic mass is 35.5. The Balaban J connectivity index is 1.53. The molecule has 8 nitrogen and oxygen atoms in total. The predicted octanol–water partition coefficient (Wildman–Crippen LogP) is 5.56. The molecule has 4 rings (SSSR count). The summed E-state index contributed by atoms with van der Waals surface area (Å²) in [7, 11) is 0. The van der Waals surface area contributed by atoms with Crippen molar-refractivity contribution in [1.82, 2.24) is 0 Å². The quantitative estimate of drug-likeness (QED) is 0.291. The SMILES string of the molecule is CCCOC(=O)c1ccccc1NC(=O)c1cccc(NC2=C(Cl)C(=O)N(c3ccc(C)c(C)c3)C2=O)c1. The van der Waals surface area contributed by atoms with Gasteiger partial charge in [0.05, 0.1) is 23.5 Å². The predicted molar refractivity (Wildman–Crippen MR) is 146 cm³/mol. The van der Waals surface area contributed by atoms with Crippen LogP contribution in [-0.4, -0.2) is 30.3 Å². The summed E-state index contributed by atoms with van der Waals surface area (Å²) in [5.41, 5.74) is 3.47. The molecule has 0 saturated carbocycles. The lowest BCUT2D eigenvalue weighted by Crippen LogP contribution is -2.32. The summed E-state index contributed by atoms with van der Waals surface area (Å²) in [6, 6.07) is 18.2. The van der Waals surface area contributed by atoms with Crippen LogP contribution in [0, 0.1) is 13.8 Å². The van der Waals surface area contributed by atoms with Crippen LogP contribution >= 0.6 is 11.6 Å². The molecule has 0 fully saturated rings. The third-order valence-electron chi connectivity index (χ3n) is 6.00. The second-order valence-corrected chi connectivity index (χ2v) is 9.12. The van der Waals surface area contributed by atoms with Crippen molar-refractivity contribution in [2.45, 2.75) is 27.2 Å². The smallest absolute Gasteiger partial charge is 0.340 e. The number of ether oxygens (including phenoxy) is 1. The molecule has 1 heterocycles. The number of amides is 3. The van der Waals surface area contributed by atoms with E-state index in [0.29, 0.717) is 23.5 Å². The molecule has 1 aliphatic heterocycles. The lowest BCUT2D eigenvalue weighted by atomic mass is 10.1. The van der Waals surface area contributed by atoms with Gasteiger partial charge in [0.25, 0.3) is 17.7 Å². The summed E-state index contributed by atoms with van der Waals surface area (Å²) >= 11 is 6.26. The van der Waals surface area contributed by atoms with Crippen molar-refractivity contribution in [2.75, 3.05) is 22.1 Å². The van der Waals surface area contributed by atoms with E-state index in [9.17, 15) is 19.2 Å². The Bertz CT molecular complexity index is 1480.